The van der Waals surface area contributed by atoms with E-state index in [-0.39, 0.29) is 6.04 Å². The van der Waals surface area contributed by atoms with Gasteiger partial charge in [0.15, 0.2) is 0 Å². The van der Waals surface area contributed by atoms with E-state index in [1.54, 1.807) is 0 Å². The van der Waals surface area contributed by atoms with Crippen LogP contribution in [0.5, 0.6) is 0 Å². The topological polar surface area (TPSA) is 55.9 Å². The molecule has 0 fully saturated rings. The zero-order chi connectivity index (χ0) is 13.2. The first-order chi connectivity index (χ1) is 9.24. The van der Waals surface area contributed by atoms with Crippen molar-refractivity contribution in [3.8, 4) is 0 Å². The van der Waals surface area contributed by atoms with Crippen LogP contribution in [0.2, 0.25) is 0 Å². The predicted molar refractivity (Wildman–Crippen MR) is 71.7 cm³/mol. The molecule has 3 rings (SSSR count). The number of furan rings is 1. The summed E-state index contributed by atoms with van der Waals surface area (Å²) in [5.74, 6) is 4.08. The van der Waals surface area contributed by atoms with Gasteiger partial charge in [0.25, 0.3) is 0 Å². The standard InChI is InChI=1S/C14H20N4O/c1-10-6-7-12(19-10)9-15-11(2)14-17-16-13-5-3-4-8-18(13)14/h6-7,11,15H,3-5,8-9H2,1-2H3. The van der Waals surface area contributed by atoms with Crippen LogP contribution in [0.1, 0.15) is 49.0 Å². The Kier molecular flexibility index (Phi) is 3.38. The van der Waals surface area contributed by atoms with E-state index >= 15 is 0 Å². The van der Waals surface area contributed by atoms with Crippen molar-refractivity contribution < 1.29 is 4.42 Å². The average Bonchev–Trinajstić information content (AvgIpc) is 3.02. The molecule has 2 aromatic rings. The van der Waals surface area contributed by atoms with Crippen molar-refractivity contribution >= 4 is 0 Å². The Balaban J connectivity index is 1.67. The second-order valence-electron chi connectivity index (χ2n) is 5.20. The highest BCUT2D eigenvalue weighted by molar-refractivity contribution is 5.07. The van der Waals surface area contributed by atoms with Gasteiger partial charge in [0.1, 0.15) is 23.2 Å². The highest BCUT2D eigenvalue weighted by atomic mass is 16.3. The van der Waals surface area contributed by atoms with Gasteiger partial charge in [-0.15, -0.1) is 10.2 Å². The molecule has 0 radical (unpaired) electrons. The molecule has 3 heterocycles. The molecule has 2 aromatic heterocycles. The molecule has 0 amide bonds. The Hall–Kier alpha value is -1.62. The third-order valence-electron chi connectivity index (χ3n) is 3.65. The Morgan fingerprint density at radius 1 is 1.37 bits per heavy atom. The fraction of sp³-hybridized carbons (Fsp3) is 0.571. The molecular formula is C14H20N4O. The Labute approximate surface area is 113 Å². The summed E-state index contributed by atoms with van der Waals surface area (Å²) in [7, 11) is 0. The van der Waals surface area contributed by atoms with Gasteiger partial charge in [-0.1, -0.05) is 0 Å². The largest absolute Gasteiger partial charge is 0.465 e. The molecule has 0 saturated heterocycles. The Bertz CT molecular complexity index is 558. The van der Waals surface area contributed by atoms with E-state index in [4.69, 9.17) is 4.42 Å². The van der Waals surface area contributed by atoms with E-state index in [1.165, 1.54) is 12.8 Å². The Morgan fingerprint density at radius 2 is 2.26 bits per heavy atom. The molecule has 19 heavy (non-hydrogen) atoms. The zero-order valence-electron chi connectivity index (χ0n) is 11.5. The summed E-state index contributed by atoms with van der Waals surface area (Å²) in [6.45, 7) is 5.85. The lowest BCUT2D eigenvalue weighted by molar-refractivity contribution is 0.423. The highest BCUT2D eigenvalue weighted by Gasteiger charge is 2.19. The van der Waals surface area contributed by atoms with E-state index in [1.807, 2.05) is 19.1 Å². The summed E-state index contributed by atoms with van der Waals surface area (Å²) < 4.78 is 7.82. The van der Waals surface area contributed by atoms with Crippen molar-refractivity contribution in [1.82, 2.24) is 20.1 Å². The summed E-state index contributed by atoms with van der Waals surface area (Å²) in [6, 6.07) is 4.18. The molecule has 0 spiro atoms. The van der Waals surface area contributed by atoms with Crippen LogP contribution in [0, 0.1) is 6.92 Å². The van der Waals surface area contributed by atoms with Crippen molar-refractivity contribution in [2.75, 3.05) is 0 Å². The minimum absolute atomic E-state index is 0.185. The van der Waals surface area contributed by atoms with Crippen molar-refractivity contribution in [1.29, 1.82) is 0 Å². The summed E-state index contributed by atoms with van der Waals surface area (Å²) in [4.78, 5) is 0. The summed E-state index contributed by atoms with van der Waals surface area (Å²) in [6.07, 6.45) is 3.50. The number of hydrogen-bond donors (Lipinski definition) is 1. The third-order valence-corrected chi connectivity index (χ3v) is 3.65. The average molecular weight is 260 g/mol. The molecular weight excluding hydrogens is 240 g/mol. The summed E-state index contributed by atoms with van der Waals surface area (Å²) in [5, 5.41) is 12.1. The van der Waals surface area contributed by atoms with E-state index in [0.29, 0.717) is 0 Å². The SMILES string of the molecule is Cc1ccc(CNC(C)c2nnc3n2CCCC3)o1. The first-order valence-electron chi connectivity index (χ1n) is 6.94. The van der Waals surface area contributed by atoms with E-state index < -0.39 is 0 Å². The second kappa shape index (κ2) is 5.17. The molecule has 1 aliphatic rings. The molecule has 0 aliphatic carbocycles. The highest BCUT2D eigenvalue weighted by Crippen LogP contribution is 2.19. The number of fused-ring (bicyclic) bond motifs is 1. The van der Waals surface area contributed by atoms with Gasteiger partial charge in [-0.2, -0.15) is 0 Å². The first-order valence-corrected chi connectivity index (χ1v) is 6.94. The van der Waals surface area contributed by atoms with E-state index in [9.17, 15) is 0 Å². The lowest BCUT2D eigenvalue weighted by Gasteiger charge is -2.18. The molecule has 102 valence electrons. The fourth-order valence-electron chi connectivity index (χ4n) is 2.58. The maximum Gasteiger partial charge on any atom is 0.149 e. The molecule has 1 N–H and O–H groups in total. The predicted octanol–water partition coefficient (Wildman–Crippen LogP) is 2.37. The Morgan fingerprint density at radius 3 is 3.05 bits per heavy atom. The monoisotopic (exact) mass is 260 g/mol. The van der Waals surface area contributed by atoms with Crippen molar-refractivity contribution in [2.45, 2.75) is 52.2 Å². The van der Waals surface area contributed by atoms with E-state index in [2.05, 4.69) is 27.0 Å². The van der Waals surface area contributed by atoms with Crippen LogP contribution < -0.4 is 5.32 Å². The second-order valence-corrected chi connectivity index (χ2v) is 5.20. The van der Waals surface area contributed by atoms with Crippen LogP contribution in [-0.4, -0.2) is 14.8 Å². The molecule has 5 heteroatoms. The summed E-state index contributed by atoms with van der Waals surface area (Å²) >= 11 is 0. The van der Waals surface area contributed by atoms with Crippen LogP contribution in [0.3, 0.4) is 0 Å². The minimum atomic E-state index is 0.185. The van der Waals surface area contributed by atoms with Gasteiger partial charge in [0.2, 0.25) is 0 Å². The number of aromatic nitrogens is 3. The lowest BCUT2D eigenvalue weighted by atomic mass is 10.1. The van der Waals surface area contributed by atoms with Gasteiger partial charge in [-0.3, -0.25) is 0 Å². The maximum absolute atomic E-state index is 5.56. The van der Waals surface area contributed by atoms with Gasteiger partial charge in [-0.25, -0.2) is 0 Å². The number of aryl methyl sites for hydroxylation is 2. The molecule has 5 nitrogen and oxygen atoms in total. The third kappa shape index (κ3) is 2.56. The number of nitrogens with one attached hydrogen (secondary N) is 1. The molecule has 0 aromatic carbocycles. The van der Waals surface area contributed by atoms with Gasteiger partial charge in [0, 0.05) is 13.0 Å². The first kappa shape index (κ1) is 12.4. The van der Waals surface area contributed by atoms with Crippen molar-refractivity contribution in [2.24, 2.45) is 0 Å². The van der Waals surface area contributed by atoms with Crippen molar-refractivity contribution in [3.63, 3.8) is 0 Å². The number of rotatable bonds is 4. The fourth-order valence-corrected chi connectivity index (χ4v) is 2.58. The van der Waals surface area contributed by atoms with Gasteiger partial charge < -0.3 is 14.3 Å². The molecule has 1 unspecified atom stereocenters. The van der Waals surface area contributed by atoms with Gasteiger partial charge in [0.05, 0.1) is 12.6 Å². The lowest BCUT2D eigenvalue weighted by Crippen LogP contribution is -2.23. The van der Waals surface area contributed by atoms with Crippen molar-refractivity contribution in [3.05, 3.63) is 35.3 Å². The molecule has 1 atom stereocenters. The van der Waals surface area contributed by atoms with Crippen LogP contribution in [0.15, 0.2) is 16.5 Å². The van der Waals surface area contributed by atoms with Gasteiger partial charge >= 0.3 is 0 Å². The molecule has 1 aliphatic heterocycles. The maximum atomic E-state index is 5.56. The molecule has 0 bridgehead atoms. The normalized spacial score (nSPS) is 16.3. The smallest absolute Gasteiger partial charge is 0.149 e. The van der Waals surface area contributed by atoms with Gasteiger partial charge in [-0.05, 0) is 38.8 Å². The summed E-state index contributed by atoms with van der Waals surface area (Å²) in [5.41, 5.74) is 0. The van der Waals surface area contributed by atoms with Crippen LogP contribution >= 0.6 is 0 Å². The minimum Gasteiger partial charge on any atom is -0.465 e. The van der Waals surface area contributed by atoms with Crippen LogP contribution in [0.25, 0.3) is 0 Å². The zero-order valence-corrected chi connectivity index (χ0v) is 11.5. The van der Waals surface area contributed by atoms with E-state index in [0.717, 1.165) is 42.7 Å². The van der Waals surface area contributed by atoms with Crippen LogP contribution in [-0.2, 0) is 19.5 Å². The number of nitrogens with zero attached hydrogens (tertiary/aromatic N) is 3. The molecule has 0 saturated carbocycles. The number of hydrogen-bond acceptors (Lipinski definition) is 4. The quantitative estimate of drug-likeness (QED) is 0.917. The van der Waals surface area contributed by atoms with Crippen LogP contribution in [0.4, 0.5) is 0 Å².